The summed E-state index contributed by atoms with van der Waals surface area (Å²) in [7, 11) is 0. The monoisotopic (exact) mass is 216 g/mol. The molecule has 1 nitrogen and oxygen atoms in total. The van der Waals surface area contributed by atoms with Crippen LogP contribution in [0.3, 0.4) is 0 Å². The minimum Gasteiger partial charge on any atom is -0.374 e. The number of alkyl halides is 1. The summed E-state index contributed by atoms with van der Waals surface area (Å²) in [4.78, 5) is 0. The molecule has 0 aromatic heterocycles. The van der Waals surface area contributed by atoms with Crippen molar-refractivity contribution in [3.8, 4) is 0 Å². The summed E-state index contributed by atoms with van der Waals surface area (Å²) < 4.78 is 17.9. The van der Waals surface area contributed by atoms with E-state index in [9.17, 15) is 4.39 Å². The Labute approximate surface area is 91.7 Å². The normalized spacial score (nSPS) is 11.9. The van der Waals surface area contributed by atoms with Crippen LogP contribution in [0.5, 0.6) is 0 Å². The molecule has 1 aromatic carbocycles. The van der Waals surface area contributed by atoms with E-state index in [0.29, 0.717) is 13.0 Å². The van der Waals surface area contributed by atoms with Crippen molar-refractivity contribution in [3.05, 3.63) is 35.9 Å². The van der Waals surface area contributed by atoms with E-state index in [4.69, 9.17) is 4.74 Å². The average Bonchev–Trinajstić information content (AvgIpc) is 2.19. The van der Waals surface area contributed by atoms with Crippen molar-refractivity contribution in [1.82, 2.24) is 0 Å². The molecule has 0 spiro atoms. The molecule has 0 N–H and O–H groups in total. The lowest BCUT2D eigenvalue weighted by atomic mass is 10.2. The van der Waals surface area contributed by atoms with Gasteiger partial charge in [0.15, 0.2) is 0 Å². The Bertz CT molecular complexity index is 228. The van der Waals surface area contributed by atoms with Crippen molar-refractivity contribution in [2.75, 3.05) is 6.61 Å². The van der Waals surface area contributed by atoms with Crippen molar-refractivity contribution in [2.45, 2.75) is 26.1 Å². The van der Waals surface area contributed by atoms with Crippen LogP contribution in [0.1, 0.15) is 18.9 Å². The predicted molar refractivity (Wildman–Crippen MR) is 61.7 cm³/mol. The van der Waals surface area contributed by atoms with Crippen molar-refractivity contribution < 1.29 is 9.13 Å². The fourth-order valence-electron chi connectivity index (χ4n) is 0.997. The van der Waals surface area contributed by atoms with Gasteiger partial charge in [0.2, 0.25) is 0 Å². The van der Waals surface area contributed by atoms with Crippen LogP contribution in [0.4, 0.5) is 4.39 Å². The van der Waals surface area contributed by atoms with Crippen LogP contribution in [0.15, 0.2) is 30.3 Å². The summed E-state index contributed by atoms with van der Waals surface area (Å²) in [5.74, 6) is 0. The van der Waals surface area contributed by atoms with Crippen LogP contribution in [-0.2, 0) is 11.3 Å². The summed E-state index contributed by atoms with van der Waals surface area (Å²) in [6, 6.07) is 9.79. The van der Waals surface area contributed by atoms with Gasteiger partial charge in [-0.05, 0) is 12.0 Å². The molecule has 3 heteroatoms. The smallest absolute Gasteiger partial charge is 0.123 e. The van der Waals surface area contributed by atoms with E-state index >= 15 is 0 Å². The number of ether oxygens (including phenoxy) is 1. The molecule has 0 fully saturated rings. The lowest BCUT2D eigenvalue weighted by Gasteiger charge is -2.06. The van der Waals surface area contributed by atoms with Crippen LogP contribution in [0.25, 0.3) is 0 Å². The summed E-state index contributed by atoms with van der Waals surface area (Å²) >= 11 is 0. The second-order valence-electron chi connectivity index (χ2n) is 3.01. The zero-order valence-electron chi connectivity index (χ0n) is 8.37. The van der Waals surface area contributed by atoms with Crippen molar-refractivity contribution in [2.24, 2.45) is 0 Å². The highest BCUT2D eigenvalue weighted by atomic mass is 32.1. The van der Waals surface area contributed by atoms with Crippen LogP contribution in [-0.4, -0.2) is 12.8 Å². The summed E-state index contributed by atoms with van der Waals surface area (Å²) in [6.07, 6.45) is -0.307. The van der Waals surface area contributed by atoms with E-state index in [-0.39, 0.29) is 20.1 Å². The Morgan fingerprint density at radius 2 is 1.93 bits per heavy atom. The third-order valence-corrected chi connectivity index (χ3v) is 1.85. The standard InChI is InChI=1S/C11H15FO.H2S/c1-2-11(12)9-13-8-10-6-4-3-5-7-10;/h3-7,11H,2,8-9H2,1H3;1H2/t11-;/m1./s1. The Morgan fingerprint density at radius 3 is 2.50 bits per heavy atom. The third-order valence-electron chi connectivity index (χ3n) is 1.85. The molecule has 0 saturated carbocycles. The highest BCUT2D eigenvalue weighted by molar-refractivity contribution is 7.59. The van der Waals surface area contributed by atoms with E-state index in [0.717, 1.165) is 5.56 Å². The first-order chi connectivity index (χ1) is 6.33. The second kappa shape index (κ2) is 7.83. The zero-order valence-corrected chi connectivity index (χ0v) is 9.37. The van der Waals surface area contributed by atoms with Gasteiger partial charge >= 0.3 is 0 Å². The van der Waals surface area contributed by atoms with Crippen LogP contribution in [0.2, 0.25) is 0 Å². The van der Waals surface area contributed by atoms with Crippen molar-refractivity contribution in [1.29, 1.82) is 0 Å². The van der Waals surface area contributed by atoms with Crippen LogP contribution >= 0.6 is 13.5 Å². The first kappa shape index (κ1) is 13.5. The lowest BCUT2D eigenvalue weighted by Crippen LogP contribution is -2.08. The van der Waals surface area contributed by atoms with Gasteiger partial charge in [-0.2, -0.15) is 13.5 Å². The zero-order chi connectivity index (χ0) is 9.52. The number of hydrogen-bond acceptors (Lipinski definition) is 1. The minimum atomic E-state index is -0.830. The van der Waals surface area contributed by atoms with Gasteiger partial charge in [-0.1, -0.05) is 37.3 Å². The molecule has 80 valence electrons. The fourth-order valence-corrected chi connectivity index (χ4v) is 0.997. The molecule has 14 heavy (non-hydrogen) atoms. The van der Waals surface area contributed by atoms with E-state index in [2.05, 4.69) is 0 Å². The molecule has 1 rings (SSSR count). The maximum atomic E-state index is 12.7. The van der Waals surface area contributed by atoms with Gasteiger partial charge in [-0.15, -0.1) is 0 Å². The van der Waals surface area contributed by atoms with Crippen LogP contribution in [0, 0.1) is 0 Å². The maximum Gasteiger partial charge on any atom is 0.123 e. The highest BCUT2D eigenvalue weighted by Crippen LogP contribution is 2.03. The van der Waals surface area contributed by atoms with E-state index in [1.165, 1.54) is 0 Å². The van der Waals surface area contributed by atoms with Gasteiger partial charge in [0.1, 0.15) is 6.17 Å². The minimum absolute atomic E-state index is 0. The Kier molecular flexibility index (Phi) is 7.52. The number of rotatable bonds is 5. The fraction of sp³-hybridized carbons (Fsp3) is 0.455. The Morgan fingerprint density at radius 1 is 1.29 bits per heavy atom. The van der Waals surface area contributed by atoms with E-state index in [1.807, 2.05) is 37.3 Å². The third kappa shape index (κ3) is 5.25. The predicted octanol–water partition coefficient (Wildman–Crippen LogP) is 3.06. The van der Waals surface area contributed by atoms with Crippen molar-refractivity contribution in [3.63, 3.8) is 0 Å². The van der Waals surface area contributed by atoms with Gasteiger partial charge in [0.25, 0.3) is 0 Å². The molecule has 0 saturated heterocycles. The van der Waals surface area contributed by atoms with Gasteiger partial charge in [0, 0.05) is 0 Å². The summed E-state index contributed by atoms with van der Waals surface area (Å²) in [5, 5.41) is 0. The largest absolute Gasteiger partial charge is 0.374 e. The molecule has 0 aliphatic carbocycles. The van der Waals surface area contributed by atoms with Crippen LogP contribution < -0.4 is 0 Å². The lowest BCUT2D eigenvalue weighted by molar-refractivity contribution is 0.0683. The number of benzene rings is 1. The summed E-state index contributed by atoms with van der Waals surface area (Å²) in [6.45, 7) is 2.52. The first-order valence-electron chi connectivity index (χ1n) is 4.58. The number of hydrogen-bond donors (Lipinski definition) is 0. The molecule has 1 aromatic rings. The highest BCUT2D eigenvalue weighted by Gasteiger charge is 2.02. The number of halogens is 1. The molecule has 0 aliphatic heterocycles. The topological polar surface area (TPSA) is 9.23 Å². The molecule has 0 bridgehead atoms. The van der Waals surface area contributed by atoms with Gasteiger partial charge < -0.3 is 4.74 Å². The van der Waals surface area contributed by atoms with E-state index < -0.39 is 6.17 Å². The summed E-state index contributed by atoms with van der Waals surface area (Å²) in [5.41, 5.74) is 1.09. The van der Waals surface area contributed by atoms with Crippen molar-refractivity contribution >= 4 is 13.5 Å². The van der Waals surface area contributed by atoms with Gasteiger partial charge in [-0.25, -0.2) is 4.39 Å². The molecule has 1 atom stereocenters. The van der Waals surface area contributed by atoms with Gasteiger partial charge in [-0.3, -0.25) is 0 Å². The molecule has 0 heterocycles. The molecule has 0 aliphatic rings. The molecular weight excluding hydrogens is 199 g/mol. The quantitative estimate of drug-likeness (QED) is 0.735. The second-order valence-corrected chi connectivity index (χ2v) is 3.01. The molecular formula is C11H17FOS. The van der Waals surface area contributed by atoms with Gasteiger partial charge in [0.05, 0.1) is 13.2 Å². The molecule has 0 radical (unpaired) electrons. The van der Waals surface area contributed by atoms with E-state index in [1.54, 1.807) is 0 Å². The Hall–Kier alpha value is -0.540. The molecule has 0 unspecified atom stereocenters. The maximum absolute atomic E-state index is 12.7. The first-order valence-corrected chi connectivity index (χ1v) is 4.58. The SMILES string of the molecule is CC[C@@H](F)COCc1ccccc1.S. The Balaban J connectivity index is 0.00000169. The molecule has 0 amide bonds. The average molecular weight is 216 g/mol.